The maximum absolute atomic E-state index is 10.9. The van der Waals surface area contributed by atoms with Gasteiger partial charge in [-0.05, 0) is 11.6 Å². The summed E-state index contributed by atoms with van der Waals surface area (Å²) < 4.78 is 22.8. The van der Waals surface area contributed by atoms with Crippen LogP contribution in [0.15, 0.2) is 12.4 Å². The standard InChI is InChI=1S/C5H7ClN2O3S/c1-12(10,11)8-3-2-7(4-8)5(6)9/h2-3H,4H2,1H3. The maximum Gasteiger partial charge on any atom is 0.321 e. The predicted molar refractivity (Wildman–Crippen MR) is 43.8 cm³/mol. The van der Waals surface area contributed by atoms with Crippen molar-refractivity contribution in [2.24, 2.45) is 0 Å². The van der Waals surface area contributed by atoms with Gasteiger partial charge in [-0.15, -0.1) is 0 Å². The van der Waals surface area contributed by atoms with Crippen molar-refractivity contribution in [1.29, 1.82) is 0 Å². The van der Waals surface area contributed by atoms with E-state index in [4.69, 9.17) is 11.6 Å². The van der Waals surface area contributed by atoms with Crippen LogP contribution < -0.4 is 0 Å². The Morgan fingerprint density at radius 3 is 2.33 bits per heavy atom. The predicted octanol–water partition coefficient (Wildman–Crippen LogP) is 0.351. The van der Waals surface area contributed by atoms with Crippen molar-refractivity contribution in [3.8, 4) is 0 Å². The summed E-state index contributed by atoms with van der Waals surface area (Å²) in [4.78, 5) is 11.6. The van der Waals surface area contributed by atoms with Crippen LogP contribution in [0.3, 0.4) is 0 Å². The van der Waals surface area contributed by atoms with Crippen molar-refractivity contribution in [3.63, 3.8) is 0 Å². The summed E-state index contributed by atoms with van der Waals surface area (Å²) in [7, 11) is -3.27. The Balaban J connectivity index is 2.72. The average Bonchev–Trinajstić information content (AvgIpc) is 2.30. The minimum Gasteiger partial charge on any atom is -0.285 e. The molecule has 1 amide bonds. The molecule has 0 atom stereocenters. The lowest BCUT2D eigenvalue weighted by Gasteiger charge is -2.15. The number of amides is 1. The summed E-state index contributed by atoms with van der Waals surface area (Å²) in [5.41, 5.74) is 0. The van der Waals surface area contributed by atoms with Crippen molar-refractivity contribution in [1.82, 2.24) is 9.21 Å². The minimum absolute atomic E-state index is 0.0405. The molecule has 7 heteroatoms. The average molecular weight is 211 g/mol. The molecule has 0 aromatic rings. The van der Waals surface area contributed by atoms with Crippen LogP contribution in [0.25, 0.3) is 0 Å². The van der Waals surface area contributed by atoms with Crippen molar-refractivity contribution in [2.45, 2.75) is 0 Å². The summed E-state index contributed by atoms with van der Waals surface area (Å²) >= 11 is 5.11. The molecule has 0 unspecified atom stereocenters. The van der Waals surface area contributed by atoms with E-state index in [2.05, 4.69) is 0 Å². The number of carbonyl (C=O) groups excluding carboxylic acids is 1. The zero-order valence-electron chi connectivity index (χ0n) is 6.27. The highest BCUT2D eigenvalue weighted by atomic mass is 35.5. The van der Waals surface area contributed by atoms with Gasteiger partial charge >= 0.3 is 5.37 Å². The highest BCUT2D eigenvalue weighted by Gasteiger charge is 2.22. The second-order valence-corrected chi connectivity index (χ2v) is 4.57. The molecule has 5 nitrogen and oxygen atoms in total. The molecule has 12 heavy (non-hydrogen) atoms. The topological polar surface area (TPSA) is 57.7 Å². The molecule has 0 N–H and O–H groups in total. The van der Waals surface area contributed by atoms with Gasteiger partial charge in [0.05, 0.1) is 6.26 Å². The SMILES string of the molecule is CS(=O)(=O)N1C=CN(C(=O)Cl)C1. The van der Waals surface area contributed by atoms with Crippen molar-refractivity contribution < 1.29 is 13.2 Å². The Hall–Kier alpha value is -0.750. The number of hydrogen-bond acceptors (Lipinski definition) is 3. The third kappa shape index (κ3) is 1.89. The number of hydrogen-bond donors (Lipinski definition) is 0. The fourth-order valence-corrected chi connectivity index (χ4v) is 1.45. The Morgan fingerprint density at radius 2 is 2.08 bits per heavy atom. The van der Waals surface area contributed by atoms with Crippen molar-refractivity contribution in [2.75, 3.05) is 12.9 Å². The molecule has 1 aliphatic heterocycles. The van der Waals surface area contributed by atoms with Gasteiger partial charge in [0, 0.05) is 12.4 Å². The molecule has 1 rings (SSSR count). The summed E-state index contributed by atoms with van der Waals surface area (Å²) in [6, 6.07) is 0. The third-order valence-corrected chi connectivity index (χ3v) is 2.66. The van der Waals surface area contributed by atoms with Gasteiger partial charge in [-0.3, -0.25) is 14.0 Å². The summed E-state index contributed by atoms with van der Waals surface area (Å²) in [6.07, 6.45) is 3.66. The number of nitrogens with zero attached hydrogens (tertiary/aromatic N) is 2. The fraction of sp³-hybridized carbons (Fsp3) is 0.400. The van der Waals surface area contributed by atoms with Gasteiger partial charge in [-0.2, -0.15) is 0 Å². The normalized spacial score (nSPS) is 17.2. The molecule has 0 radical (unpaired) electrons. The van der Waals surface area contributed by atoms with Crippen LogP contribution in [0.4, 0.5) is 4.79 Å². The second kappa shape index (κ2) is 2.95. The van der Waals surface area contributed by atoms with Crippen LogP contribution in [0.1, 0.15) is 0 Å². The first-order chi connectivity index (χ1) is 5.41. The first kappa shape index (κ1) is 9.34. The monoisotopic (exact) mass is 210 g/mol. The van der Waals surface area contributed by atoms with Crippen LogP contribution >= 0.6 is 11.6 Å². The highest BCUT2D eigenvalue weighted by molar-refractivity contribution is 7.88. The smallest absolute Gasteiger partial charge is 0.285 e. The van der Waals surface area contributed by atoms with Gasteiger partial charge in [0.2, 0.25) is 10.0 Å². The van der Waals surface area contributed by atoms with Gasteiger partial charge < -0.3 is 0 Å². The van der Waals surface area contributed by atoms with Crippen LogP contribution in [0, 0.1) is 0 Å². The van der Waals surface area contributed by atoms with Gasteiger partial charge in [0.1, 0.15) is 6.67 Å². The van der Waals surface area contributed by atoms with E-state index in [0.29, 0.717) is 0 Å². The first-order valence-electron chi connectivity index (χ1n) is 3.02. The van der Waals surface area contributed by atoms with Gasteiger partial charge in [0.25, 0.3) is 0 Å². The summed E-state index contributed by atoms with van der Waals surface area (Å²) in [6.45, 7) is -0.0405. The summed E-state index contributed by atoms with van der Waals surface area (Å²) in [5.74, 6) is 0. The molecule has 0 aromatic heterocycles. The molecule has 0 aliphatic carbocycles. The second-order valence-electron chi connectivity index (χ2n) is 2.31. The van der Waals surface area contributed by atoms with Crippen LogP contribution in [0.5, 0.6) is 0 Å². The van der Waals surface area contributed by atoms with E-state index < -0.39 is 15.4 Å². The van der Waals surface area contributed by atoms with Crippen LogP contribution in [-0.2, 0) is 10.0 Å². The van der Waals surface area contributed by atoms with E-state index in [-0.39, 0.29) is 6.67 Å². The molecule has 68 valence electrons. The largest absolute Gasteiger partial charge is 0.321 e. The molecule has 0 bridgehead atoms. The molecule has 1 heterocycles. The molecule has 0 saturated carbocycles. The molecule has 1 aliphatic rings. The van der Waals surface area contributed by atoms with Gasteiger partial charge in [-0.25, -0.2) is 8.42 Å². The Kier molecular flexibility index (Phi) is 2.29. The lowest BCUT2D eigenvalue weighted by atomic mass is 10.8. The maximum atomic E-state index is 10.9. The van der Waals surface area contributed by atoms with Gasteiger partial charge in [-0.1, -0.05) is 0 Å². The van der Waals surface area contributed by atoms with E-state index in [1.54, 1.807) is 0 Å². The van der Waals surface area contributed by atoms with Crippen molar-refractivity contribution in [3.05, 3.63) is 12.4 Å². The molecule has 0 fully saturated rings. The van der Waals surface area contributed by atoms with E-state index in [0.717, 1.165) is 15.5 Å². The lowest BCUT2D eigenvalue weighted by Crippen LogP contribution is -2.30. The Labute approximate surface area is 75.2 Å². The minimum atomic E-state index is -3.27. The third-order valence-electron chi connectivity index (χ3n) is 1.36. The summed E-state index contributed by atoms with van der Waals surface area (Å²) in [5, 5.41) is -0.697. The van der Waals surface area contributed by atoms with Crippen LogP contribution in [0.2, 0.25) is 0 Å². The van der Waals surface area contributed by atoms with Crippen molar-refractivity contribution >= 4 is 27.0 Å². The molecular weight excluding hydrogens is 204 g/mol. The first-order valence-corrected chi connectivity index (χ1v) is 5.25. The quantitative estimate of drug-likeness (QED) is 0.464. The lowest BCUT2D eigenvalue weighted by molar-refractivity contribution is 0.235. The fourth-order valence-electron chi connectivity index (χ4n) is 0.729. The Morgan fingerprint density at radius 1 is 1.50 bits per heavy atom. The van der Waals surface area contributed by atoms with Gasteiger partial charge in [0.15, 0.2) is 0 Å². The molecular formula is C5H7ClN2O3S. The highest BCUT2D eigenvalue weighted by Crippen LogP contribution is 2.11. The molecule has 0 aromatic carbocycles. The van der Waals surface area contributed by atoms with E-state index in [1.165, 1.54) is 12.4 Å². The zero-order chi connectivity index (χ0) is 9.35. The molecule has 0 spiro atoms. The van der Waals surface area contributed by atoms with E-state index in [1.807, 2.05) is 0 Å². The number of rotatable bonds is 1. The number of sulfonamides is 1. The molecule has 0 saturated heterocycles. The zero-order valence-corrected chi connectivity index (χ0v) is 7.84. The van der Waals surface area contributed by atoms with E-state index >= 15 is 0 Å². The Bertz CT molecular complexity index is 324. The number of halogens is 1. The van der Waals surface area contributed by atoms with E-state index in [9.17, 15) is 13.2 Å². The number of carbonyl (C=O) groups is 1. The van der Waals surface area contributed by atoms with Crippen LogP contribution in [-0.4, -0.2) is 35.9 Å².